The van der Waals surface area contributed by atoms with Gasteiger partial charge in [-0.2, -0.15) is 0 Å². The monoisotopic (exact) mass is 470 g/mol. The van der Waals surface area contributed by atoms with Gasteiger partial charge in [0, 0.05) is 34.6 Å². The standard InChI is InChI=1S/C22H19ClN4O4S/c1-2-30-22(29)26-14-7-8-27-16(11-25-19(27)9-14)18-10-17(20(32-18)21(24)28)31-12-13-5-3-4-6-15(13)23/h3-11H,2,12H2,1H3,(H2,24,28)(H,26,29). The van der Waals surface area contributed by atoms with Crippen molar-refractivity contribution in [1.29, 1.82) is 0 Å². The zero-order chi connectivity index (χ0) is 22.7. The van der Waals surface area contributed by atoms with Gasteiger partial charge in [0.15, 0.2) is 0 Å². The minimum atomic E-state index is -0.579. The lowest BCUT2D eigenvalue weighted by Crippen LogP contribution is -2.13. The number of anilines is 1. The molecule has 0 saturated heterocycles. The second-order valence-electron chi connectivity index (χ2n) is 6.68. The Morgan fingerprint density at radius 2 is 2.06 bits per heavy atom. The number of halogens is 1. The van der Waals surface area contributed by atoms with Gasteiger partial charge in [0.25, 0.3) is 5.91 Å². The molecule has 1 aromatic carbocycles. The average Bonchev–Trinajstić information content (AvgIpc) is 3.37. The van der Waals surface area contributed by atoms with E-state index in [9.17, 15) is 9.59 Å². The molecular weight excluding hydrogens is 452 g/mol. The summed E-state index contributed by atoms with van der Waals surface area (Å²) in [6.45, 7) is 2.21. The number of imidazole rings is 1. The number of nitrogens with one attached hydrogen (secondary N) is 1. The highest BCUT2D eigenvalue weighted by atomic mass is 35.5. The van der Waals surface area contributed by atoms with Crippen molar-refractivity contribution in [3.63, 3.8) is 0 Å². The predicted octanol–water partition coefficient (Wildman–Crippen LogP) is 4.96. The molecule has 0 saturated carbocycles. The van der Waals surface area contributed by atoms with Gasteiger partial charge in [0.05, 0.1) is 23.4 Å². The fourth-order valence-corrected chi connectivity index (χ4v) is 4.23. The van der Waals surface area contributed by atoms with Crippen molar-refractivity contribution in [2.45, 2.75) is 13.5 Å². The van der Waals surface area contributed by atoms with Gasteiger partial charge < -0.3 is 15.2 Å². The number of hydrogen-bond donors (Lipinski definition) is 2. The first-order valence-electron chi connectivity index (χ1n) is 9.67. The van der Waals surface area contributed by atoms with Crippen molar-refractivity contribution in [1.82, 2.24) is 9.38 Å². The number of pyridine rings is 1. The first kappa shape index (κ1) is 21.7. The van der Waals surface area contributed by atoms with Gasteiger partial charge in [-0.1, -0.05) is 29.8 Å². The summed E-state index contributed by atoms with van der Waals surface area (Å²) < 4.78 is 12.6. The van der Waals surface area contributed by atoms with Gasteiger partial charge >= 0.3 is 6.09 Å². The van der Waals surface area contributed by atoms with Crippen LogP contribution in [0.3, 0.4) is 0 Å². The minimum absolute atomic E-state index is 0.201. The van der Waals surface area contributed by atoms with Crippen molar-refractivity contribution in [3.8, 4) is 16.3 Å². The van der Waals surface area contributed by atoms with Crippen LogP contribution in [-0.4, -0.2) is 28.0 Å². The van der Waals surface area contributed by atoms with E-state index in [1.165, 1.54) is 11.3 Å². The largest absolute Gasteiger partial charge is 0.487 e. The number of rotatable bonds is 7. The summed E-state index contributed by atoms with van der Waals surface area (Å²) in [5.41, 5.74) is 8.30. The van der Waals surface area contributed by atoms with E-state index in [1.807, 2.05) is 22.6 Å². The van der Waals surface area contributed by atoms with Crippen LogP contribution >= 0.6 is 22.9 Å². The lowest BCUT2D eigenvalue weighted by atomic mass is 10.2. The molecule has 0 aliphatic heterocycles. The Kier molecular flexibility index (Phi) is 6.29. The Bertz CT molecular complexity index is 1300. The van der Waals surface area contributed by atoms with Crippen LogP contribution in [0.2, 0.25) is 5.02 Å². The van der Waals surface area contributed by atoms with E-state index in [2.05, 4.69) is 10.3 Å². The van der Waals surface area contributed by atoms with Crippen LogP contribution in [-0.2, 0) is 11.3 Å². The molecule has 0 aliphatic rings. The molecule has 0 aliphatic carbocycles. The number of carbonyl (C=O) groups is 2. The summed E-state index contributed by atoms with van der Waals surface area (Å²) in [6.07, 6.45) is 2.92. The van der Waals surface area contributed by atoms with Gasteiger partial charge in [0.2, 0.25) is 0 Å². The zero-order valence-corrected chi connectivity index (χ0v) is 18.6. The molecule has 32 heavy (non-hydrogen) atoms. The zero-order valence-electron chi connectivity index (χ0n) is 17.0. The molecule has 8 nitrogen and oxygen atoms in total. The number of thiophene rings is 1. The average molecular weight is 471 g/mol. The summed E-state index contributed by atoms with van der Waals surface area (Å²) in [5, 5.41) is 3.23. The first-order chi connectivity index (χ1) is 15.5. The molecule has 0 atom stereocenters. The number of fused-ring (bicyclic) bond motifs is 1. The molecule has 3 heterocycles. The summed E-state index contributed by atoms with van der Waals surface area (Å²) in [6, 6.07) is 12.5. The van der Waals surface area contributed by atoms with E-state index in [0.29, 0.717) is 27.0 Å². The molecule has 0 fully saturated rings. The number of benzene rings is 1. The Hall–Kier alpha value is -3.56. The van der Waals surface area contributed by atoms with E-state index in [-0.39, 0.29) is 13.2 Å². The summed E-state index contributed by atoms with van der Waals surface area (Å²) in [4.78, 5) is 29.1. The Morgan fingerprint density at radius 3 is 2.81 bits per heavy atom. The number of nitrogens with two attached hydrogens (primary N) is 1. The number of hydrogen-bond acceptors (Lipinski definition) is 6. The number of amides is 2. The molecule has 3 N–H and O–H groups in total. The molecule has 4 rings (SSSR count). The number of carbonyl (C=O) groups excluding carboxylic acids is 2. The third-order valence-electron chi connectivity index (χ3n) is 4.55. The number of ether oxygens (including phenoxy) is 2. The first-order valence-corrected chi connectivity index (χ1v) is 10.9. The van der Waals surface area contributed by atoms with Crippen LogP contribution in [0.25, 0.3) is 16.2 Å². The lowest BCUT2D eigenvalue weighted by molar-refractivity contribution is 0.1000. The van der Waals surface area contributed by atoms with Crippen LogP contribution in [0.15, 0.2) is 54.9 Å². The quantitative estimate of drug-likeness (QED) is 0.396. The van der Waals surface area contributed by atoms with Gasteiger partial charge in [-0.25, -0.2) is 9.78 Å². The summed E-state index contributed by atoms with van der Waals surface area (Å²) >= 11 is 7.41. The van der Waals surface area contributed by atoms with E-state index >= 15 is 0 Å². The third kappa shape index (κ3) is 4.53. The van der Waals surface area contributed by atoms with Gasteiger partial charge in [-0.15, -0.1) is 11.3 Å². The SMILES string of the molecule is CCOC(=O)Nc1ccn2c(-c3cc(OCc4ccccc4Cl)c(C(N)=O)s3)cnc2c1. The Labute approximate surface area is 192 Å². The Balaban J connectivity index is 1.62. The molecule has 0 bridgehead atoms. The van der Waals surface area contributed by atoms with Crippen molar-refractivity contribution >= 4 is 46.3 Å². The van der Waals surface area contributed by atoms with Gasteiger partial charge in [-0.3, -0.25) is 14.5 Å². The second kappa shape index (κ2) is 9.29. The van der Waals surface area contributed by atoms with E-state index in [4.69, 9.17) is 26.8 Å². The Morgan fingerprint density at radius 1 is 1.25 bits per heavy atom. The summed E-state index contributed by atoms with van der Waals surface area (Å²) in [7, 11) is 0. The second-order valence-corrected chi connectivity index (χ2v) is 8.14. The van der Waals surface area contributed by atoms with Crippen LogP contribution < -0.4 is 15.8 Å². The van der Waals surface area contributed by atoms with Crippen LogP contribution in [0.1, 0.15) is 22.2 Å². The van der Waals surface area contributed by atoms with Crippen LogP contribution in [0.4, 0.5) is 10.5 Å². The predicted molar refractivity (Wildman–Crippen MR) is 123 cm³/mol. The maximum atomic E-state index is 12.0. The highest BCUT2D eigenvalue weighted by molar-refractivity contribution is 7.17. The molecule has 0 spiro atoms. The van der Waals surface area contributed by atoms with Crippen molar-refractivity contribution in [2.24, 2.45) is 5.73 Å². The third-order valence-corrected chi connectivity index (χ3v) is 6.07. The van der Waals surface area contributed by atoms with E-state index < -0.39 is 12.0 Å². The molecule has 10 heteroatoms. The lowest BCUT2D eigenvalue weighted by Gasteiger charge is -2.07. The fraction of sp³-hybridized carbons (Fsp3) is 0.136. The van der Waals surface area contributed by atoms with Crippen molar-refractivity contribution < 1.29 is 19.1 Å². The van der Waals surface area contributed by atoms with Gasteiger partial charge in [-0.05, 0) is 19.1 Å². The van der Waals surface area contributed by atoms with Gasteiger partial charge in [0.1, 0.15) is 22.9 Å². The topological polar surface area (TPSA) is 108 Å². The van der Waals surface area contributed by atoms with Crippen LogP contribution in [0.5, 0.6) is 5.75 Å². The molecule has 164 valence electrons. The highest BCUT2D eigenvalue weighted by Crippen LogP contribution is 2.37. The highest BCUT2D eigenvalue weighted by Gasteiger charge is 2.19. The minimum Gasteiger partial charge on any atom is -0.487 e. The number of nitrogens with zero attached hydrogens (tertiary/aromatic N) is 2. The maximum Gasteiger partial charge on any atom is 0.411 e. The fourth-order valence-electron chi connectivity index (χ4n) is 3.08. The van der Waals surface area contributed by atoms with Crippen LogP contribution in [0, 0.1) is 0 Å². The molecule has 0 unspecified atom stereocenters. The maximum absolute atomic E-state index is 12.0. The normalized spacial score (nSPS) is 10.8. The van der Waals surface area contributed by atoms with Crippen molar-refractivity contribution in [3.05, 3.63) is 70.3 Å². The molecule has 0 radical (unpaired) electrons. The number of primary amides is 1. The number of aromatic nitrogens is 2. The van der Waals surface area contributed by atoms with Crippen molar-refractivity contribution in [2.75, 3.05) is 11.9 Å². The summed E-state index contributed by atoms with van der Waals surface area (Å²) in [5.74, 6) is -0.196. The molecule has 4 aromatic rings. The van der Waals surface area contributed by atoms with E-state index in [0.717, 1.165) is 16.1 Å². The molecule has 3 aromatic heterocycles. The molecule has 2 amide bonds. The van der Waals surface area contributed by atoms with E-state index in [1.54, 1.807) is 43.6 Å². The smallest absolute Gasteiger partial charge is 0.411 e. The molecular formula is C22H19ClN4O4S.